The van der Waals surface area contributed by atoms with Crippen LogP contribution < -0.4 is 10.1 Å². The summed E-state index contributed by atoms with van der Waals surface area (Å²) >= 11 is 0. The molecule has 2 atom stereocenters. The fourth-order valence-corrected chi connectivity index (χ4v) is 2.70. The number of fused-ring (bicyclic) bond motifs is 1. The van der Waals surface area contributed by atoms with Crippen molar-refractivity contribution in [3.63, 3.8) is 0 Å². The van der Waals surface area contributed by atoms with Gasteiger partial charge in [-0.2, -0.15) is 0 Å². The van der Waals surface area contributed by atoms with Crippen molar-refractivity contribution in [1.29, 1.82) is 0 Å². The van der Waals surface area contributed by atoms with Gasteiger partial charge in [0.15, 0.2) is 6.10 Å². The van der Waals surface area contributed by atoms with Gasteiger partial charge in [0.1, 0.15) is 5.75 Å². The number of ether oxygens (including phenoxy) is 1. The van der Waals surface area contributed by atoms with Crippen LogP contribution in [0.2, 0.25) is 0 Å². The predicted molar refractivity (Wildman–Crippen MR) is 97.0 cm³/mol. The molecule has 122 valence electrons. The molecule has 0 aliphatic carbocycles. The third-order valence-electron chi connectivity index (χ3n) is 4.08. The van der Waals surface area contributed by atoms with Gasteiger partial charge in [-0.05, 0) is 30.9 Å². The van der Waals surface area contributed by atoms with Crippen molar-refractivity contribution < 1.29 is 9.53 Å². The molecule has 1 N–H and O–H groups in total. The molecule has 0 radical (unpaired) electrons. The van der Waals surface area contributed by atoms with Crippen molar-refractivity contribution in [2.24, 2.45) is 0 Å². The molecular weight excluding hydrogens is 298 g/mol. The van der Waals surface area contributed by atoms with Crippen molar-refractivity contribution in [3.05, 3.63) is 78.4 Å². The molecule has 3 rings (SSSR count). The zero-order chi connectivity index (χ0) is 16.9. The Morgan fingerprint density at radius 2 is 1.54 bits per heavy atom. The molecule has 0 unspecified atom stereocenters. The number of carbonyl (C=O) groups is 1. The minimum atomic E-state index is -0.568. The number of benzene rings is 3. The van der Waals surface area contributed by atoms with E-state index in [1.165, 1.54) is 0 Å². The first-order valence-corrected chi connectivity index (χ1v) is 8.15. The SMILES string of the molecule is C[C@H](NC(=O)[C@@H](C)Oc1cccc2ccccc12)c1ccccc1. The Hall–Kier alpha value is -2.81. The fourth-order valence-electron chi connectivity index (χ4n) is 2.70. The Kier molecular flexibility index (Phi) is 4.80. The number of amides is 1. The summed E-state index contributed by atoms with van der Waals surface area (Å²) in [4.78, 5) is 12.4. The fraction of sp³-hybridized carbons (Fsp3) is 0.190. The Bertz CT molecular complexity index is 824. The van der Waals surface area contributed by atoms with Gasteiger partial charge in [-0.15, -0.1) is 0 Å². The van der Waals surface area contributed by atoms with Crippen LogP contribution in [0, 0.1) is 0 Å². The molecule has 0 aliphatic heterocycles. The maximum Gasteiger partial charge on any atom is 0.261 e. The highest BCUT2D eigenvalue weighted by Crippen LogP contribution is 2.26. The zero-order valence-electron chi connectivity index (χ0n) is 13.9. The lowest BCUT2D eigenvalue weighted by Gasteiger charge is -2.19. The third-order valence-corrected chi connectivity index (χ3v) is 4.08. The number of nitrogens with one attached hydrogen (secondary N) is 1. The number of hydrogen-bond donors (Lipinski definition) is 1. The Morgan fingerprint density at radius 3 is 2.33 bits per heavy atom. The van der Waals surface area contributed by atoms with E-state index in [1.807, 2.05) is 79.7 Å². The standard InChI is InChI=1S/C21H21NO2/c1-15(17-9-4-3-5-10-17)22-21(23)16(2)24-20-14-8-12-18-11-6-7-13-19(18)20/h3-16H,1-2H3,(H,22,23)/t15-,16+/m0/s1. The topological polar surface area (TPSA) is 38.3 Å². The van der Waals surface area contributed by atoms with Crippen molar-refractivity contribution in [2.75, 3.05) is 0 Å². The minimum absolute atomic E-state index is 0.0581. The second-order valence-electron chi connectivity index (χ2n) is 5.88. The van der Waals surface area contributed by atoms with E-state index in [4.69, 9.17) is 4.74 Å². The van der Waals surface area contributed by atoms with Crippen LogP contribution in [0.3, 0.4) is 0 Å². The molecule has 0 heterocycles. The Labute approximate surface area is 142 Å². The number of rotatable bonds is 5. The van der Waals surface area contributed by atoms with E-state index in [0.717, 1.165) is 22.1 Å². The summed E-state index contributed by atoms with van der Waals surface area (Å²) in [5.74, 6) is 0.599. The first-order valence-electron chi connectivity index (χ1n) is 8.15. The van der Waals surface area contributed by atoms with Crippen LogP contribution in [0.25, 0.3) is 10.8 Å². The summed E-state index contributed by atoms with van der Waals surface area (Å²) in [6.45, 7) is 3.74. The van der Waals surface area contributed by atoms with Gasteiger partial charge in [0.25, 0.3) is 5.91 Å². The maximum atomic E-state index is 12.4. The Balaban J connectivity index is 1.70. The molecule has 0 fully saturated rings. The van der Waals surface area contributed by atoms with Gasteiger partial charge in [-0.3, -0.25) is 4.79 Å². The average Bonchev–Trinajstić information content (AvgIpc) is 2.62. The minimum Gasteiger partial charge on any atom is -0.480 e. The lowest BCUT2D eigenvalue weighted by atomic mass is 10.1. The molecule has 1 amide bonds. The van der Waals surface area contributed by atoms with Crippen LogP contribution in [-0.4, -0.2) is 12.0 Å². The van der Waals surface area contributed by atoms with E-state index in [9.17, 15) is 4.79 Å². The maximum absolute atomic E-state index is 12.4. The van der Waals surface area contributed by atoms with E-state index < -0.39 is 6.10 Å². The summed E-state index contributed by atoms with van der Waals surface area (Å²) in [5, 5.41) is 5.11. The van der Waals surface area contributed by atoms with Crippen molar-refractivity contribution in [1.82, 2.24) is 5.32 Å². The van der Waals surface area contributed by atoms with Gasteiger partial charge >= 0.3 is 0 Å². The van der Waals surface area contributed by atoms with Crippen LogP contribution >= 0.6 is 0 Å². The van der Waals surface area contributed by atoms with E-state index >= 15 is 0 Å². The molecule has 24 heavy (non-hydrogen) atoms. The first-order chi connectivity index (χ1) is 11.6. The van der Waals surface area contributed by atoms with Crippen LogP contribution in [0.15, 0.2) is 72.8 Å². The average molecular weight is 319 g/mol. The van der Waals surface area contributed by atoms with Gasteiger partial charge in [0.05, 0.1) is 6.04 Å². The summed E-state index contributed by atoms with van der Waals surface area (Å²) in [6.07, 6.45) is -0.568. The highest BCUT2D eigenvalue weighted by atomic mass is 16.5. The molecule has 3 aromatic carbocycles. The second-order valence-corrected chi connectivity index (χ2v) is 5.88. The number of carbonyl (C=O) groups excluding carboxylic acids is 1. The van der Waals surface area contributed by atoms with Crippen molar-refractivity contribution in [3.8, 4) is 5.75 Å². The van der Waals surface area contributed by atoms with E-state index in [-0.39, 0.29) is 11.9 Å². The molecular formula is C21H21NO2. The molecule has 3 aromatic rings. The van der Waals surface area contributed by atoms with E-state index in [1.54, 1.807) is 6.92 Å². The van der Waals surface area contributed by atoms with Gasteiger partial charge in [-0.1, -0.05) is 66.7 Å². The molecule has 0 saturated carbocycles. The van der Waals surface area contributed by atoms with Gasteiger partial charge in [-0.25, -0.2) is 0 Å². The lowest BCUT2D eigenvalue weighted by Crippen LogP contribution is -2.37. The third kappa shape index (κ3) is 3.57. The molecule has 0 spiro atoms. The molecule has 0 bridgehead atoms. The van der Waals surface area contributed by atoms with Gasteiger partial charge < -0.3 is 10.1 Å². The van der Waals surface area contributed by atoms with Crippen molar-refractivity contribution >= 4 is 16.7 Å². The highest BCUT2D eigenvalue weighted by Gasteiger charge is 2.18. The molecule has 0 saturated heterocycles. The van der Waals surface area contributed by atoms with Gasteiger partial charge in [0.2, 0.25) is 0 Å². The monoisotopic (exact) mass is 319 g/mol. The molecule has 0 aromatic heterocycles. The second kappa shape index (κ2) is 7.18. The summed E-state index contributed by atoms with van der Waals surface area (Å²) < 4.78 is 5.91. The number of hydrogen-bond acceptors (Lipinski definition) is 2. The van der Waals surface area contributed by atoms with Crippen molar-refractivity contribution in [2.45, 2.75) is 26.0 Å². The largest absolute Gasteiger partial charge is 0.480 e. The van der Waals surface area contributed by atoms with Crippen LogP contribution in [0.4, 0.5) is 0 Å². The van der Waals surface area contributed by atoms with Gasteiger partial charge in [0, 0.05) is 5.39 Å². The molecule has 3 nitrogen and oxygen atoms in total. The lowest BCUT2D eigenvalue weighted by molar-refractivity contribution is -0.127. The summed E-state index contributed by atoms with van der Waals surface area (Å²) in [5.41, 5.74) is 1.07. The normalized spacial score (nSPS) is 13.2. The smallest absolute Gasteiger partial charge is 0.261 e. The predicted octanol–water partition coefficient (Wildman–Crippen LogP) is 4.48. The summed E-state index contributed by atoms with van der Waals surface area (Å²) in [7, 11) is 0. The summed E-state index contributed by atoms with van der Waals surface area (Å²) in [6, 6.07) is 23.7. The zero-order valence-corrected chi connectivity index (χ0v) is 13.9. The van der Waals surface area contributed by atoms with Crippen LogP contribution in [-0.2, 0) is 4.79 Å². The first kappa shape index (κ1) is 16.1. The molecule has 0 aliphatic rings. The molecule has 3 heteroatoms. The Morgan fingerprint density at radius 1 is 0.875 bits per heavy atom. The van der Waals surface area contributed by atoms with Crippen LogP contribution in [0.1, 0.15) is 25.5 Å². The highest BCUT2D eigenvalue weighted by molar-refractivity contribution is 5.89. The van der Waals surface area contributed by atoms with E-state index in [0.29, 0.717) is 0 Å². The van der Waals surface area contributed by atoms with Crippen LogP contribution in [0.5, 0.6) is 5.75 Å². The quantitative estimate of drug-likeness (QED) is 0.753. The van der Waals surface area contributed by atoms with E-state index in [2.05, 4.69) is 5.32 Å².